The number of anilines is 1. The third-order valence-corrected chi connectivity index (χ3v) is 6.36. The van der Waals surface area contributed by atoms with Gasteiger partial charge in [-0.05, 0) is 57.6 Å². The van der Waals surface area contributed by atoms with Crippen molar-refractivity contribution in [2.24, 2.45) is 0 Å². The fourth-order valence-electron chi connectivity index (χ4n) is 3.61. The first-order valence-corrected chi connectivity index (χ1v) is 10.0. The number of aromatic nitrogens is 2. The van der Waals surface area contributed by atoms with Gasteiger partial charge in [-0.15, -0.1) is 11.3 Å². The molecule has 1 fully saturated rings. The van der Waals surface area contributed by atoms with Crippen LogP contribution in [0.25, 0.3) is 0 Å². The highest BCUT2D eigenvalue weighted by atomic mass is 32.1. The molecule has 0 spiro atoms. The predicted octanol–water partition coefficient (Wildman–Crippen LogP) is 3.83. The van der Waals surface area contributed by atoms with E-state index < -0.39 is 0 Å². The number of nitrogens with one attached hydrogen (secondary N) is 1. The van der Waals surface area contributed by atoms with Crippen LogP contribution in [-0.4, -0.2) is 33.9 Å². The normalized spacial score (nSPS) is 18.0. The van der Waals surface area contributed by atoms with Crippen LogP contribution in [0.4, 0.5) is 5.82 Å². The Kier molecular flexibility index (Phi) is 4.70. The number of hydrogen-bond donors (Lipinski definition) is 1. The van der Waals surface area contributed by atoms with Gasteiger partial charge in [0, 0.05) is 24.2 Å². The second kappa shape index (κ2) is 7.12. The fraction of sp³-hybridized carbons (Fsp3) is 0.526. The molecule has 5 nitrogen and oxygen atoms in total. The summed E-state index contributed by atoms with van der Waals surface area (Å²) in [4.78, 5) is 25.4. The maximum Gasteiger partial charge on any atom is 0.257 e. The molecular weight excluding hydrogens is 332 g/mol. The van der Waals surface area contributed by atoms with Crippen molar-refractivity contribution < 1.29 is 4.79 Å². The van der Waals surface area contributed by atoms with E-state index in [1.165, 1.54) is 23.4 Å². The summed E-state index contributed by atoms with van der Waals surface area (Å²) in [5.74, 6) is 0.749. The molecule has 2 aromatic rings. The number of hydrogen-bond acceptors (Lipinski definition) is 5. The van der Waals surface area contributed by atoms with Crippen molar-refractivity contribution in [1.29, 1.82) is 0 Å². The van der Waals surface area contributed by atoms with E-state index in [0.717, 1.165) is 43.8 Å². The molecule has 132 valence electrons. The van der Waals surface area contributed by atoms with Crippen LogP contribution in [0.15, 0.2) is 18.3 Å². The third kappa shape index (κ3) is 3.40. The summed E-state index contributed by atoms with van der Waals surface area (Å²) in [5.41, 5.74) is 1.94. The second-order valence-corrected chi connectivity index (χ2v) is 8.01. The molecule has 0 aromatic carbocycles. The summed E-state index contributed by atoms with van der Waals surface area (Å²) < 4.78 is 0. The van der Waals surface area contributed by atoms with Crippen molar-refractivity contribution >= 4 is 23.1 Å². The molecule has 1 aliphatic heterocycles. The summed E-state index contributed by atoms with van der Waals surface area (Å²) in [6.45, 7) is 3.80. The Morgan fingerprint density at radius 1 is 1.24 bits per heavy atom. The number of thiazole rings is 1. The molecule has 0 radical (unpaired) electrons. The Hall–Kier alpha value is -1.95. The molecule has 1 N–H and O–H groups in total. The predicted molar refractivity (Wildman–Crippen MR) is 100 cm³/mol. The fourth-order valence-corrected chi connectivity index (χ4v) is 4.76. The van der Waals surface area contributed by atoms with Gasteiger partial charge < -0.3 is 10.2 Å². The molecule has 0 bridgehead atoms. The average Bonchev–Trinajstić information content (AvgIpc) is 3.31. The van der Waals surface area contributed by atoms with Gasteiger partial charge in [-0.25, -0.2) is 9.97 Å². The van der Waals surface area contributed by atoms with Gasteiger partial charge >= 0.3 is 0 Å². The standard InChI is InChI=1S/C19H24N4OS/c1-13(18-22-15-8-2-3-9-16(15)25-18)21-17-14(7-6-10-20-17)19(24)23-11-4-5-12-23/h6-7,10,13H,2-5,8-9,11-12H2,1H3,(H,20,21). The SMILES string of the molecule is CC(Nc1ncccc1C(=O)N1CCCC1)c1nc2c(s1)CCCC2. The van der Waals surface area contributed by atoms with E-state index in [1.807, 2.05) is 17.0 Å². The molecule has 6 heteroatoms. The van der Waals surface area contributed by atoms with E-state index in [-0.39, 0.29) is 11.9 Å². The average molecular weight is 356 g/mol. The number of pyridine rings is 1. The van der Waals surface area contributed by atoms with Crippen molar-refractivity contribution in [1.82, 2.24) is 14.9 Å². The number of rotatable bonds is 4. The van der Waals surface area contributed by atoms with Crippen molar-refractivity contribution in [3.63, 3.8) is 0 Å². The Morgan fingerprint density at radius 2 is 2.04 bits per heavy atom. The molecule has 2 aliphatic rings. The zero-order valence-electron chi connectivity index (χ0n) is 14.6. The van der Waals surface area contributed by atoms with Crippen LogP contribution in [-0.2, 0) is 12.8 Å². The Balaban J connectivity index is 1.54. The molecule has 1 saturated heterocycles. The van der Waals surface area contributed by atoms with E-state index in [2.05, 4.69) is 17.2 Å². The lowest BCUT2D eigenvalue weighted by molar-refractivity contribution is 0.0793. The van der Waals surface area contributed by atoms with Crippen molar-refractivity contribution in [2.45, 2.75) is 51.5 Å². The van der Waals surface area contributed by atoms with Crippen LogP contribution < -0.4 is 5.32 Å². The zero-order valence-corrected chi connectivity index (χ0v) is 15.4. The first-order valence-electron chi connectivity index (χ1n) is 9.21. The van der Waals surface area contributed by atoms with Crippen LogP contribution in [0.1, 0.15) is 64.6 Å². The third-order valence-electron chi connectivity index (χ3n) is 5.02. The van der Waals surface area contributed by atoms with E-state index in [4.69, 9.17) is 4.98 Å². The zero-order chi connectivity index (χ0) is 17.2. The maximum absolute atomic E-state index is 12.8. The monoisotopic (exact) mass is 356 g/mol. The summed E-state index contributed by atoms with van der Waals surface area (Å²) in [7, 11) is 0. The molecule has 1 amide bonds. The molecule has 1 atom stereocenters. The molecule has 25 heavy (non-hydrogen) atoms. The molecule has 3 heterocycles. The summed E-state index contributed by atoms with van der Waals surface area (Å²) in [6, 6.07) is 3.76. The Labute approximate surface area is 152 Å². The first-order chi connectivity index (χ1) is 12.2. The Bertz CT molecular complexity index is 743. The quantitative estimate of drug-likeness (QED) is 0.905. The minimum Gasteiger partial charge on any atom is -0.360 e. The summed E-state index contributed by atoms with van der Waals surface area (Å²) >= 11 is 1.81. The van der Waals surface area contributed by atoms with Gasteiger partial charge in [0.25, 0.3) is 5.91 Å². The van der Waals surface area contributed by atoms with Crippen molar-refractivity contribution in [3.8, 4) is 0 Å². The molecule has 2 aromatic heterocycles. The van der Waals surface area contributed by atoms with Crippen molar-refractivity contribution in [3.05, 3.63) is 39.5 Å². The summed E-state index contributed by atoms with van der Waals surface area (Å²) in [6.07, 6.45) is 8.69. The first kappa shape index (κ1) is 16.5. The van der Waals surface area contributed by atoms with Gasteiger partial charge in [-0.3, -0.25) is 4.79 Å². The maximum atomic E-state index is 12.8. The van der Waals surface area contributed by atoms with E-state index in [9.17, 15) is 4.79 Å². The van der Waals surface area contributed by atoms with Crippen LogP contribution in [0.2, 0.25) is 0 Å². The Morgan fingerprint density at radius 3 is 2.84 bits per heavy atom. The van der Waals surface area contributed by atoms with Crippen molar-refractivity contribution in [2.75, 3.05) is 18.4 Å². The topological polar surface area (TPSA) is 58.1 Å². The highest BCUT2D eigenvalue weighted by molar-refractivity contribution is 7.11. The van der Waals surface area contributed by atoms with Gasteiger partial charge in [-0.1, -0.05) is 0 Å². The lowest BCUT2D eigenvalue weighted by Crippen LogP contribution is -2.28. The van der Waals surface area contributed by atoms with Gasteiger partial charge in [0.15, 0.2) is 0 Å². The van der Waals surface area contributed by atoms with Crippen LogP contribution >= 0.6 is 11.3 Å². The molecule has 1 aliphatic carbocycles. The van der Waals surface area contributed by atoms with E-state index >= 15 is 0 Å². The van der Waals surface area contributed by atoms with Gasteiger partial charge in [0.1, 0.15) is 10.8 Å². The van der Waals surface area contributed by atoms with E-state index in [0.29, 0.717) is 11.4 Å². The highest BCUT2D eigenvalue weighted by Gasteiger charge is 2.24. The lowest BCUT2D eigenvalue weighted by Gasteiger charge is -2.19. The smallest absolute Gasteiger partial charge is 0.257 e. The van der Waals surface area contributed by atoms with Crippen LogP contribution in [0, 0.1) is 0 Å². The van der Waals surface area contributed by atoms with E-state index in [1.54, 1.807) is 17.5 Å². The summed E-state index contributed by atoms with van der Waals surface area (Å²) in [5, 5.41) is 4.52. The van der Waals surface area contributed by atoms with Gasteiger partial charge in [0.2, 0.25) is 0 Å². The number of carbonyl (C=O) groups excluding carboxylic acids is 1. The molecule has 0 saturated carbocycles. The molecule has 4 rings (SSSR count). The highest BCUT2D eigenvalue weighted by Crippen LogP contribution is 2.31. The van der Waals surface area contributed by atoms with Gasteiger partial charge in [0.05, 0.1) is 17.3 Å². The number of carbonyl (C=O) groups is 1. The number of fused-ring (bicyclic) bond motifs is 1. The number of nitrogens with zero attached hydrogens (tertiary/aromatic N) is 3. The van der Waals surface area contributed by atoms with Gasteiger partial charge in [-0.2, -0.15) is 0 Å². The lowest BCUT2D eigenvalue weighted by atomic mass is 10.0. The molecule has 1 unspecified atom stereocenters. The largest absolute Gasteiger partial charge is 0.360 e. The second-order valence-electron chi connectivity index (χ2n) is 6.89. The number of aryl methyl sites for hydroxylation is 2. The minimum atomic E-state index is 0.0515. The van der Waals surface area contributed by atoms with Crippen LogP contribution in [0.3, 0.4) is 0 Å². The van der Waals surface area contributed by atoms with Crippen LogP contribution in [0.5, 0.6) is 0 Å². The number of amides is 1. The minimum absolute atomic E-state index is 0.0515. The number of likely N-dealkylation sites (tertiary alicyclic amines) is 1. The molecular formula is C19H24N4OS.